The van der Waals surface area contributed by atoms with Crippen molar-refractivity contribution in [1.29, 1.82) is 0 Å². The maximum atomic E-state index is 11.4. The number of nitro groups is 2. The van der Waals surface area contributed by atoms with Crippen LogP contribution >= 0.6 is 0 Å². The zero-order valence-electron chi connectivity index (χ0n) is 22.5. The highest BCUT2D eigenvalue weighted by Gasteiger charge is 2.28. The lowest BCUT2D eigenvalue weighted by Crippen LogP contribution is -2.10. The van der Waals surface area contributed by atoms with Crippen LogP contribution in [0.15, 0.2) is 76.4 Å². The first-order valence-corrected chi connectivity index (χ1v) is 12.0. The number of nitro benzene ring substituents is 1. The minimum Gasteiger partial charge on any atom is -0.493 e. The molecule has 0 N–H and O–H groups in total. The van der Waals surface area contributed by atoms with Gasteiger partial charge in [-0.05, 0) is 46.6 Å². The van der Waals surface area contributed by atoms with Crippen molar-refractivity contribution in [3.63, 3.8) is 0 Å². The highest BCUT2D eigenvalue weighted by molar-refractivity contribution is 5.94. The minimum atomic E-state index is -0.497. The number of allylic oxidation sites excluding steroid dienone is 8. The number of ether oxygens (including phenoxy) is 2. The average molecular weight is 526 g/mol. The number of Topliss-reactive ketones (excluding diaryl/α,β-unsaturated/α-hetero) is 2. The third-order valence-corrected chi connectivity index (χ3v) is 5.58. The Balaban J connectivity index is 0.000000380. The second-order valence-corrected chi connectivity index (χ2v) is 8.15. The van der Waals surface area contributed by atoms with E-state index in [1.807, 2.05) is 13.8 Å². The molecule has 0 aromatic heterocycles. The van der Waals surface area contributed by atoms with E-state index in [0.29, 0.717) is 46.6 Å². The van der Waals surface area contributed by atoms with Gasteiger partial charge in [0.1, 0.15) is 35.2 Å². The Hall–Kier alpha value is -4.43. The highest BCUT2D eigenvalue weighted by atomic mass is 16.6. The van der Waals surface area contributed by atoms with E-state index in [1.165, 1.54) is 26.0 Å². The summed E-state index contributed by atoms with van der Waals surface area (Å²) in [5.74, 6) is 0.943. The van der Waals surface area contributed by atoms with Gasteiger partial charge in [0.25, 0.3) is 5.69 Å². The molecule has 2 rings (SSSR count). The molecule has 38 heavy (non-hydrogen) atoms. The molecule has 0 aliphatic heterocycles. The van der Waals surface area contributed by atoms with E-state index < -0.39 is 9.85 Å². The minimum absolute atomic E-state index is 0.0242. The Labute approximate surface area is 222 Å². The standard InChI is InChI=1S/C14H17NO4.C14H16NO4/c2*1-4-13(10(2)16)11(3)19-9-12-7-5-6-8-14(12)15(17)18/h5-8H,4,9H2,1-3H3;5-7H,4,9H2,1-3H3/q;+1/b13-11-;13-11+. The van der Waals surface area contributed by atoms with E-state index in [9.17, 15) is 29.8 Å². The molecule has 10 heteroatoms. The van der Waals surface area contributed by atoms with Gasteiger partial charge in [0.2, 0.25) is 0 Å². The fourth-order valence-electron chi connectivity index (χ4n) is 3.60. The highest BCUT2D eigenvalue weighted by Crippen LogP contribution is 2.21. The molecular weight excluding hydrogens is 492 g/mol. The fourth-order valence-corrected chi connectivity index (χ4v) is 3.60. The molecule has 1 aromatic rings. The van der Waals surface area contributed by atoms with Gasteiger partial charge in [-0.3, -0.25) is 29.8 Å². The predicted molar refractivity (Wildman–Crippen MR) is 142 cm³/mol. The summed E-state index contributed by atoms with van der Waals surface area (Å²) < 4.78 is 11.0. The Morgan fingerprint density at radius 2 is 1.37 bits per heavy atom. The van der Waals surface area contributed by atoms with E-state index in [0.717, 1.165) is 0 Å². The Morgan fingerprint density at radius 1 is 0.842 bits per heavy atom. The summed E-state index contributed by atoms with van der Waals surface area (Å²) >= 11 is 0. The van der Waals surface area contributed by atoms with Crippen molar-refractivity contribution in [3.8, 4) is 0 Å². The van der Waals surface area contributed by atoms with Crippen LogP contribution in [0.5, 0.6) is 0 Å². The zero-order chi connectivity index (χ0) is 28.8. The molecular formula is C28H33N2O8+. The lowest BCUT2D eigenvalue weighted by molar-refractivity contribution is -0.422. The number of rotatable bonds is 12. The van der Waals surface area contributed by atoms with Gasteiger partial charge < -0.3 is 9.47 Å². The van der Waals surface area contributed by atoms with Crippen LogP contribution in [0.1, 0.15) is 59.9 Å². The summed E-state index contributed by atoms with van der Waals surface area (Å²) in [5, 5.41) is 21.7. The van der Waals surface area contributed by atoms with E-state index >= 15 is 0 Å². The molecule has 1 aromatic carbocycles. The molecule has 1 aliphatic rings. The molecule has 10 nitrogen and oxygen atoms in total. The van der Waals surface area contributed by atoms with Crippen molar-refractivity contribution in [2.45, 2.75) is 61.0 Å². The number of hydrogen-bond acceptors (Lipinski definition) is 8. The van der Waals surface area contributed by atoms with Crippen LogP contribution in [0.4, 0.5) is 5.69 Å². The topological polar surface area (TPSA) is 139 Å². The molecule has 0 fully saturated rings. The number of ketones is 2. The normalized spacial score (nSPS) is 13.3. The van der Waals surface area contributed by atoms with Gasteiger partial charge in [0, 0.05) is 23.3 Å². The monoisotopic (exact) mass is 525 g/mol. The van der Waals surface area contributed by atoms with Crippen LogP contribution in [0.3, 0.4) is 0 Å². The van der Waals surface area contributed by atoms with Crippen molar-refractivity contribution in [3.05, 3.63) is 108 Å². The summed E-state index contributed by atoms with van der Waals surface area (Å²) in [5.41, 5.74) is 2.06. The van der Waals surface area contributed by atoms with Gasteiger partial charge in [0.15, 0.2) is 23.7 Å². The number of benzene rings is 1. The first-order valence-electron chi connectivity index (χ1n) is 12.0. The molecule has 0 heterocycles. The van der Waals surface area contributed by atoms with Crippen LogP contribution < -0.4 is 0 Å². The largest absolute Gasteiger partial charge is 0.493 e. The summed E-state index contributed by atoms with van der Waals surface area (Å²) in [7, 11) is 0. The predicted octanol–water partition coefficient (Wildman–Crippen LogP) is 6.12. The number of nitrogens with zero attached hydrogens (tertiary/aromatic N) is 2. The quantitative estimate of drug-likeness (QED) is 0.105. The lowest BCUT2D eigenvalue weighted by Gasteiger charge is -2.10. The first kappa shape index (κ1) is 31.6. The second-order valence-electron chi connectivity index (χ2n) is 8.15. The van der Waals surface area contributed by atoms with Crippen LogP contribution in [0.2, 0.25) is 0 Å². The lowest BCUT2D eigenvalue weighted by atomic mass is 10.1. The van der Waals surface area contributed by atoms with Gasteiger partial charge in [-0.2, -0.15) is 0 Å². The number of para-hydroxylation sites is 1. The summed E-state index contributed by atoms with van der Waals surface area (Å²) in [6.45, 7) is 10.2. The molecule has 1 aliphatic carbocycles. The maximum absolute atomic E-state index is 11.4. The van der Waals surface area contributed by atoms with E-state index in [1.54, 1.807) is 44.2 Å². The summed E-state index contributed by atoms with van der Waals surface area (Å²) in [6.07, 6.45) is 8.48. The molecule has 0 unspecified atom stereocenters. The average Bonchev–Trinajstić information content (AvgIpc) is 2.87. The van der Waals surface area contributed by atoms with Crippen LogP contribution in [0.25, 0.3) is 0 Å². The number of hydrogen-bond donors (Lipinski definition) is 0. The van der Waals surface area contributed by atoms with Gasteiger partial charge >= 0.3 is 5.70 Å². The molecule has 0 atom stereocenters. The molecule has 202 valence electrons. The van der Waals surface area contributed by atoms with Crippen LogP contribution in [-0.4, -0.2) is 28.0 Å². The smallest absolute Gasteiger partial charge is 0.434 e. The van der Waals surface area contributed by atoms with Crippen LogP contribution in [0, 0.1) is 26.3 Å². The van der Waals surface area contributed by atoms with Gasteiger partial charge in [-0.15, -0.1) is 0 Å². The van der Waals surface area contributed by atoms with E-state index in [4.69, 9.17) is 9.47 Å². The molecule has 0 amide bonds. The molecule has 0 spiro atoms. The number of carbonyl (C=O) groups excluding carboxylic acids is 2. The Morgan fingerprint density at radius 3 is 1.84 bits per heavy atom. The van der Waals surface area contributed by atoms with Gasteiger partial charge in [0.05, 0.1) is 16.6 Å². The second kappa shape index (κ2) is 15.6. The Bertz CT molecular complexity index is 1220. The molecule has 0 radical (unpaired) electrons. The third-order valence-electron chi connectivity index (χ3n) is 5.58. The van der Waals surface area contributed by atoms with E-state index in [2.05, 4.69) is 6.08 Å². The van der Waals surface area contributed by atoms with Crippen molar-refractivity contribution in [2.75, 3.05) is 6.61 Å². The van der Waals surface area contributed by atoms with Crippen LogP contribution in [-0.2, 0) is 25.7 Å². The van der Waals surface area contributed by atoms with Crippen molar-refractivity contribution >= 4 is 17.3 Å². The van der Waals surface area contributed by atoms with E-state index in [-0.39, 0.29) is 36.2 Å². The molecule has 0 saturated carbocycles. The summed E-state index contributed by atoms with van der Waals surface area (Å²) in [6, 6.07) is 6.40. The fraction of sp³-hybridized carbons (Fsp3) is 0.357. The van der Waals surface area contributed by atoms with Gasteiger partial charge in [-0.25, -0.2) is 0 Å². The Kier molecular flexibility index (Phi) is 13.0. The van der Waals surface area contributed by atoms with Crippen molar-refractivity contribution in [1.82, 2.24) is 0 Å². The van der Waals surface area contributed by atoms with Crippen molar-refractivity contribution < 1.29 is 28.9 Å². The third kappa shape index (κ3) is 9.55. The van der Waals surface area contributed by atoms with Crippen molar-refractivity contribution in [2.24, 2.45) is 0 Å². The molecule has 0 bridgehead atoms. The molecule has 0 saturated heterocycles. The maximum Gasteiger partial charge on any atom is 0.434 e. The zero-order valence-corrected chi connectivity index (χ0v) is 22.5. The summed E-state index contributed by atoms with van der Waals surface area (Å²) in [4.78, 5) is 43.4. The SMILES string of the molecule is CC/C(C(C)=O)=C(/C)OCC1=CC=C[C+]=C1[N+](=O)[O-].CC/C(C(C)=O)=C(\C)OCc1ccccc1[N+](=O)[O-]. The van der Waals surface area contributed by atoms with Gasteiger partial charge in [-0.1, -0.05) is 26.0 Å². The number of carbonyl (C=O) groups is 2. The first-order chi connectivity index (χ1) is 17.9.